The molecule has 0 saturated carbocycles. The minimum absolute atomic E-state index is 0.203. The molecule has 3 heterocycles. The number of alkyl halides is 3. The number of aryl methyl sites for hydroxylation is 1. The zero-order valence-electron chi connectivity index (χ0n) is 13.8. The number of hydrogen-bond acceptors (Lipinski definition) is 5. The van der Waals surface area contributed by atoms with Crippen LogP contribution in [0.5, 0.6) is 5.75 Å². The van der Waals surface area contributed by atoms with E-state index in [4.69, 9.17) is 4.74 Å². The Balaban J connectivity index is 1.51. The molecule has 25 heavy (non-hydrogen) atoms. The van der Waals surface area contributed by atoms with Gasteiger partial charge in [0.05, 0.1) is 18.5 Å². The summed E-state index contributed by atoms with van der Waals surface area (Å²) in [7, 11) is 0. The molecular weight excluding hydrogens is 333 g/mol. The Morgan fingerprint density at radius 2 is 2.00 bits per heavy atom. The molecule has 0 aromatic carbocycles. The second-order valence-electron chi connectivity index (χ2n) is 6.13. The average molecular weight is 352 g/mol. The van der Waals surface area contributed by atoms with Crippen molar-refractivity contribution in [3.05, 3.63) is 42.1 Å². The summed E-state index contributed by atoms with van der Waals surface area (Å²) >= 11 is 0. The molecule has 2 aromatic heterocycles. The molecule has 1 aliphatic rings. The number of rotatable bonds is 4. The minimum atomic E-state index is -4.46. The largest absolute Gasteiger partial charge is 0.493 e. The van der Waals surface area contributed by atoms with E-state index in [9.17, 15) is 13.2 Å². The van der Waals surface area contributed by atoms with Crippen molar-refractivity contribution in [1.82, 2.24) is 15.0 Å². The summed E-state index contributed by atoms with van der Waals surface area (Å²) in [6, 6.07) is 2.39. The normalized spacial score (nSPS) is 16.1. The Morgan fingerprint density at radius 1 is 1.24 bits per heavy atom. The van der Waals surface area contributed by atoms with E-state index in [1.807, 2.05) is 6.92 Å². The van der Waals surface area contributed by atoms with Crippen molar-refractivity contribution in [1.29, 1.82) is 0 Å². The number of anilines is 1. The molecule has 0 atom stereocenters. The molecule has 5 nitrogen and oxygen atoms in total. The highest BCUT2D eigenvalue weighted by Crippen LogP contribution is 2.30. The first-order valence-corrected chi connectivity index (χ1v) is 8.11. The smallest absolute Gasteiger partial charge is 0.433 e. The van der Waals surface area contributed by atoms with Gasteiger partial charge in [-0.3, -0.25) is 9.97 Å². The van der Waals surface area contributed by atoms with Gasteiger partial charge in [0, 0.05) is 31.5 Å². The van der Waals surface area contributed by atoms with Crippen molar-refractivity contribution < 1.29 is 17.9 Å². The third kappa shape index (κ3) is 4.58. The minimum Gasteiger partial charge on any atom is -0.493 e. The van der Waals surface area contributed by atoms with Gasteiger partial charge in [-0.15, -0.1) is 0 Å². The second kappa shape index (κ2) is 7.25. The highest BCUT2D eigenvalue weighted by Gasteiger charge is 2.32. The van der Waals surface area contributed by atoms with E-state index in [1.165, 1.54) is 6.07 Å². The fourth-order valence-electron chi connectivity index (χ4n) is 2.80. The number of nitrogens with zero attached hydrogens (tertiary/aromatic N) is 4. The van der Waals surface area contributed by atoms with Crippen molar-refractivity contribution in [3.63, 3.8) is 0 Å². The topological polar surface area (TPSA) is 51.1 Å². The number of ether oxygens (including phenoxy) is 1. The summed E-state index contributed by atoms with van der Waals surface area (Å²) in [6.45, 7) is 3.96. The molecule has 0 N–H and O–H groups in total. The van der Waals surface area contributed by atoms with Gasteiger partial charge in [-0.2, -0.15) is 13.2 Å². The maximum Gasteiger partial charge on any atom is 0.433 e. The van der Waals surface area contributed by atoms with Crippen molar-refractivity contribution in [3.8, 4) is 5.75 Å². The van der Waals surface area contributed by atoms with Crippen LogP contribution in [0.1, 0.15) is 24.2 Å². The molecule has 0 unspecified atom stereocenters. The lowest BCUT2D eigenvalue weighted by Crippen LogP contribution is -2.36. The Morgan fingerprint density at radius 3 is 2.68 bits per heavy atom. The standard InChI is InChI=1S/C17H19F3N4O/c1-12-9-21-10-16(23-12)24-6-3-13(4-7-24)11-25-14-2-5-22-15(8-14)17(18,19)20/h2,5,8-10,13H,3-4,6-7,11H2,1H3. The maximum absolute atomic E-state index is 12.7. The van der Waals surface area contributed by atoms with Crippen LogP contribution < -0.4 is 9.64 Å². The SMILES string of the molecule is Cc1cncc(N2CCC(COc3ccnc(C(F)(F)F)c3)CC2)n1. The van der Waals surface area contributed by atoms with E-state index in [1.54, 1.807) is 12.4 Å². The fourth-order valence-corrected chi connectivity index (χ4v) is 2.80. The second-order valence-corrected chi connectivity index (χ2v) is 6.13. The van der Waals surface area contributed by atoms with E-state index >= 15 is 0 Å². The molecular formula is C17H19F3N4O. The number of pyridine rings is 1. The average Bonchev–Trinajstić information content (AvgIpc) is 2.60. The zero-order chi connectivity index (χ0) is 17.9. The molecule has 1 saturated heterocycles. The third-order valence-electron chi connectivity index (χ3n) is 4.19. The summed E-state index contributed by atoms with van der Waals surface area (Å²) < 4.78 is 43.5. The van der Waals surface area contributed by atoms with Gasteiger partial charge >= 0.3 is 6.18 Å². The maximum atomic E-state index is 12.7. The van der Waals surface area contributed by atoms with E-state index in [0.29, 0.717) is 12.5 Å². The predicted molar refractivity (Wildman–Crippen MR) is 86.4 cm³/mol. The molecule has 0 aliphatic carbocycles. The van der Waals surface area contributed by atoms with Crippen LogP contribution in [0.3, 0.4) is 0 Å². The molecule has 0 spiro atoms. The first-order valence-electron chi connectivity index (χ1n) is 8.11. The zero-order valence-corrected chi connectivity index (χ0v) is 13.8. The Kier molecular flexibility index (Phi) is 5.06. The van der Waals surface area contributed by atoms with Gasteiger partial charge in [-0.05, 0) is 31.7 Å². The van der Waals surface area contributed by atoms with Crippen LogP contribution in [0.4, 0.5) is 19.0 Å². The van der Waals surface area contributed by atoms with Crippen LogP contribution in [0.2, 0.25) is 0 Å². The lowest BCUT2D eigenvalue weighted by molar-refractivity contribution is -0.141. The summed E-state index contributed by atoms with van der Waals surface area (Å²) in [6.07, 6.45) is 1.92. The summed E-state index contributed by atoms with van der Waals surface area (Å²) in [5, 5.41) is 0. The van der Waals surface area contributed by atoms with Gasteiger partial charge in [0.1, 0.15) is 17.3 Å². The molecule has 1 fully saturated rings. The van der Waals surface area contributed by atoms with Gasteiger partial charge in [0.2, 0.25) is 0 Å². The van der Waals surface area contributed by atoms with E-state index in [2.05, 4.69) is 19.9 Å². The molecule has 0 radical (unpaired) electrons. The van der Waals surface area contributed by atoms with Crippen LogP contribution in [0.15, 0.2) is 30.7 Å². The van der Waals surface area contributed by atoms with Crippen LogP contribution in [0, 0.1) is 12.8 Å². The number of halogens is 3. The summed E-state index contributed by atoms with van der Waals surface area (Å²) in [5.74, 6) is 1.37. The van der Waals surface area contributed by atoms with E-state index in [0.717, 1.165) is 49.7 Å². The molecule has 134 valence electrons. The molecule has 8 heteroatoms. The lowest BCUT2D eigenvalue weighted by Gasteiger charge is -2.32. The van der Waals surface area contributed by atoms with Gasteiger partial charge < -0.3 is 9.64 Å². The van der Waals surface area contributed by atoms with Crippen LogP contribution in [0.25, 0.3) is 0 Å². The number of hydrogen-bond donors (Lipinski definition) is 0. The highest BCUT2D eigenvalue weighted by molar-refractivity contribution is 5.36. The number of aromatic nitrogens is 3. The van der Waals surface area contributed by atoms with Gasteiger partial charge in [0.15, 0.2) is 0 Å². The van der Waals surface area contributed by atoms with Crippen molar-refractivity contribution >= 4 is 5.82 Å². The Labute approximate surface area is 143 Å². The van der Waals surface area contributed by atoms with Gasteiger partial charge in [0.25, 0.3) is 0 Å². The van der Waals surface area contributed by atoms with E-state index in [-0.39, 0.29) is 5.75 Å². The van der Waals surface area contributed by atoms with Crippen molar-refractivity contribution in [2.45, 2.75) is 25.9 Å². The molecule has 0 amide bonds. The Hall–Kier alpha value is -2.38. The molecule has 2 aromatic rings. The highest BCUT2D eigenvalue weighted by atomic mass is 19.4. The van der Waals surface area contributed by atoms with E-state index < -0.39 is 11.9 Å². The quantitative estimate of drug-likeness (QED) is 0.843. The van der Waals surface area contributed by atoms with Crippen LogP contribution in [-0.4, -0.2) is 34.6 Å². The van der Waals surface area contributed by atoms with Crippen LogP contribution in [-0.2, 0) is 6.18 Å². The first kappa shape index (κ1) is 17.4. The first-order chi connectivity index (χ1) is 11.9. The fraction of sp³-hybridized carbons (Fsp3) is 0.471. The predicted octanol–water partition coefficient (Wildman–Crippen LogP) is 3.49. The molecule has 0 bridgehead atoms. The van der Waals surface area contributed by atoms with Crippen molar-refractivity contribution in [2.24, 2.45) is 5.92 Å². The van der Waals surface area contributed by atoms with Crippen LogP contribution >= 0.6 is 0 Å². The number of piperidine rings is 1. The van der Waals surface area contributed by atoms with Crippen molar-refractivity contribution in [2.75, 3.05) is 24.6 Å². The third-order valence-corrected chi connectivity index (χ3v) is 4.19. The summed E-state index contributed by atoms with van der Waals surface area (Å²) in [5.41, 5.74) is -0.0565. The van der Waals surface area contributed by atoms with Gasteiger partial charge in [-0.1, -0.05) is 0 Å². The molecule has 1 aliphatic heterocycles. The molecule has 3 rings (SSSR count). The monoisotopic (exact) mass is 352 g/mol. The van der Waals surface area contributed by atoms with Gasteiger partial charge in [-0.25, -0.2) is 4.98 Å². The summed E-state index contributed by atoms with van der Waals surface area (Å²) in [4.78, 5) is 14.1. The Bertz CT molecular complexity index is 715. The lowest BCUT2D eigenvalue weighted by atomic mass is 9.98.